The van der Waals surface area contributed by atoms with Crippen LogP contribution in [0.25, 0.3) is 0 Å². The molecule has 1 heterocycles. The normalized spacial score (nSPS) is 12.4. The summed E-state index contributed by atoms with van der Waals surface area (Å²) in [5.41, 5.74) is 2.66. The molecule has 2 N–H and O–H groups in total. The van der Waals surface area contributed by atoms with Crippen LogP contribution >= 0.6 is 0 Å². The smallest absolute Gasteiger partial charge is 0.261 e. The van der Waals surface area contributed by atoms with Crippen molar-refractivity contribution in [2.24, 2.45) is 0 Å². The monoisotopic (exact) mass is 424 g/mol. The fraction of sp³-hybridized carbons (Fsp3) is 0.136. The Bertz CT molecular complexity index is 1170. The molecular formula is C22H20N2O5S. The summed E-state index contributed by atoms with van der Waals surface area (Å²) in [5.74, 6) is 1.08. The topological polar surface area (TPSA) is 93.7 Å². The number of carbonyl (C=O) groups excluding carboxylic acids is 1. The summed E-state index contributed by atoms with van der Waals surface area (Å²) in [5, 5.41) is 2.83. The molecule has 30 heavy (non-hydrogen) atoms. The van der Waals surface area contributed by atoms with Gasteiger partial charge >= 0.3 is 0 Å². The van der Waals surface area contributed by atoms with E-state index in [1.807, 2.05) is 19.1 Å². The lowest BCUT2D eigenvalue weighted by Crippen LogP contribution is -2.22. The Hall–Kier alpha value is -3.52. The summed E-state index contributed by atoms with van der Waals surface area (Å²) in [6, 6.07) is 18.3. The molecule has 154 valence electrons. The second-order valence-electron chi connectivity index (χ2n) is 6.87. The molecular weight excluding hydrogens is 404 g/mol. The number of ether oxygens (including phenoxy) is 2. The minimum absolute atomic E-state index is 0.179. The van der Waals surface area contributed by atoms with Crippen LogP contribution in [0, 0.1) is 6.92 Å². The van der Waals surface area contributed by atoms with Crippen molar-refractivity contribution in [2.75, 3.05) is 11.5 Å². The van der Waals surface area contributed by atoms with Gasteiger partial charge in [0.15, 0.2) is 11.5 Å². The highest BCUT2D eigenvalue weighted by Crippen LogP contribution is 2.32. The van der Waals surface area contributed by atoms with Gasteiger partial charge in [0.1, 0.15) is 0 Å². The van der Waals surface area contributed by atoms with Crippen LogP contribution in [0.3, 0.4) is 0 Å². The Morgan fingerprint density at radius 1 is 0.933 bits per heavy atom. The highest BCUT2D eigenvalue weighted by Gasteiger charge is 2.15. The van der Waals surface area contributed by atoms with E-state index >= 15 is 0 Å². The van der Waals surface area contributed by atoms with E-state index in [1.165, 1.54) is 0 Å². The van der Waals surface area contributed by atoms with Crippen LogP contribution in [0.4, 0.5) is 5.69 Å². The van der Waals surface area contributed by atoms with Gasteiger partial charge in [0, 0.05) is 17.8 Å². The number of nitrogens with one attached hydrogen (secondary N) is 2. The number of anilines is 1. The van der Waals surface area contributed by atoms with E-state index < -0.39 is 10.0 Å². The molecule has 0 radical (unpaired) electrons. The second-order valence-corrected chi connectivity index (χ2v) is 8.55. The van der Waals surface area contributed by atoms with Gasteiger partial charge in [0.25, 0.3) is 15.9 Å². The van der Waals surface area contributed by atoms with Crippen molar-refractivity contribution in [3.8, 4) is 11.5 Å². The molecule has 0 aliphatic carbocycles. The maximum atomic E-state index is 12.5. The van der Waals surface area contributed by atoms with Gasteiger partial charge in [-0.15, -0.1) is 0 Å². The summed E-state index contributed by atoms with van der Waals surface area (Å²) in [6.45, 7) is 2.42. The number of fused-ring (bicyclic) bond motifs is 1. The quantitative estimate of drug-likeness (QED) is 0.632. The zero-order chi connectivity index (χ0) is 21.1. The fourth-order valence-corrected chi connectivity index (χ4v) is 4.02. The predicted molar refractivity (Wildman–Crippen MR) is 112 cm³/mol. The van der Waals surface area contributed by atoms with E-state index in [2.05, 4.69) is 10.0 Å². The highest BCUT2D eigenvalue weighted by molar-refractivity contribution is 7.92. The van der Waals surface area contributed by atoms with Gasteiger partial charge in [-0.05, 0) is 61.0 Å². The van der Waals surface area contributed by atoms with Gasteiger partial charge in [-0.3, -0.25) is 9.52 Å². The van der Waals surface area contributed by atoms with Gasteiger partial charge in [-0.1, -0.05) is 23.8 Å². The third-order valence-corrected chi connectivity index (χ3v) is 6.02. The molecule has 0 saturated heterocycles. The number of hydrogen-bond acceptors (Lipinski definition) is 5. The first kappa shape index (κ1) is 19.8. The van der Waals surface area contributed by atoms with E-state index in [9.17, 15) is 13.2 Å². The van der Waals surface area contributed by atoms with E-state index in [0.717, 1.165) is 11.1 Å². The van der Waals surface area contributed by atoms with Crippen molar-refractivity contribution < 1.29 is 22.7 Å². The van der Waals surface area contributed by atoms with Gasteiger partial charge in [-0.25, -0.2) is 8.42 Å². The van der Waals surface area contributed by atoms with Gasteiger partial charge < -0.3 is 14.8 Å². The lowest BCUT2D eigenvalue weighted by Gasteiger charge is -2.10. The zero-order valence-electron chi connectivity index (χ0n) is 16.2. The third kappa shape index (κ3) is 4.38. The van der Waals surface area contributed by atoms with Crippen molar-refractivity contribution in [3.63, 3.8) is 0 Å². The summed E-state index contributed by atoms with van der Waals surface area (Å²) in [7, 11) is -3.69. The number of aryl methyl sites for hydroxylation is 1. The van der Waals surface area contributed by atoms with Crippen molar-refractivity contribution >= 4 is 21.6 Å². The minimum Gasteiger partial charge on any atom is -0.454 e. The van der Waals surface area contributed by atoms with Gasteiger partial charge in [-0.2, -0.15) is 0 Å². The molecule has 7 nitrogen and oxygen atoms in total. The Morgan fingerprint density at radius 2 is 1.63 bits per heavy atom. The maximum Gasteiger partial charge on any atom is 0.261 e. The standard InChI is InChI=1S/C22H20N2O5S/c1-15-2-9-19(10-3-15)30(26,27)24-18-7-5-17(6-8-18)22(25)23-13-16-4-11-20-21(12-16)29-14-28-20/h2-12,24H,13-14H2,1H3,(H,23,25). The molecule has 8 heteroatoms. The molecule has 0 spiro atoms. The van der Waals surface area contributed by atoms with Gasteiger partial charge in [0.05, 0.1) is 4.90 Å². The molecule has 4 rings (SSSR count). The van der Waals surface area contributed by atoms with Crippen molar-refractivity contribution in [3.05, 3.63) is 83.4 Å². The third-order valence-electron chi connectivity index (χ3n) is 4.62. The average Bonchev–Trinajstić information content (AvgIpc) is 3.20. The Kier molecular flexibility index (Phi) is 5.33. The number of hydrogen-bond donors (Lipinski definition) is 2. The lowest BCUT2D eigenvalue weighted by atomic mass is 10.1. The van der Waals surface area contributed by atoms with Crippen molar-refractivity contribution in [1.82, 2.24) is 5.32 Å². The largest absolute Gasteiger partial charge is 0.454 e. The van der Waals surface area contributed by atoms with Crippen LogP contribution in [0.1, 0.15) is 21.5 Å². The lowest BCUT2D eigenvalue weighted by molar-refractivity contribution is 0.0951. The van der Waals surface area contributed by atoms with Crippen molar-refractivity contribution in [2.45, 2.75) is 18.4 Å². The first-order chi connectivity index (χ1) is 14.4. The molecule has 0 atom stereocenters. The maximum absolute atomic E-state index is 12.5. The average molecular weight is 424 g/mol. The number of sulfonamides is 1. The number of amides is 1. The number of rotatable bonds is 6. The molecule has 3 aromatic carbocycles. The van der Waals surface area contributed by atoms with Gasteiger partial charge in [0.2, 0.25) is 6.79 Å². The number of benzene rings is 3. The molecule has 3 aromatic rings. The summed E-state index contributed by atoms with van der Waals surface area (Å²) in [6.07, 6.45) is 0. The molecule has 1 aliphatic heterocycles. The molecule has 0 saturated carbocycles. The van der Waals surface area contributed by atoms with E-state index in [4.69, 9.17) is 9.47 Å². The van der Waals surface area contributed by atoms with Crippen LogP contribution in [0.15, 0.2) is 71.6 Å². The first-order valence-corrected chi connectivity index (χ1v) is 10.8. The summed E-state index contributed by atoms with van der Waals surface area (Å²) in [4.78, 5) is 12.6. The molecule has 0 fully saturated rings. The van der Waals surface area contributed by atoms with Crippen LogP contribution in [0.2, 0.25) is 0 Å². The van der Waals surface area contributed by atoms with Crippen LogP contribution in [-0.2, 0) is 16.6 Å². The molecule has 1 amide bonds. The summed E-state index contributed by atoms with van der Waals surface area (Å²) >= 11 is 0. The predicted octanol–water partition coefficient (Wildman–Crippen LogP) is 3.45. The molecule has 0 aromatic heterocycles. The second kappa shape index (κ2) is 8.08. The molecule has 1 aliphatic rings. The SMILES string of the molecule is Cc1ccc(S(=O)(=O)Nc2ccc(C(=O)NCc3ccc4c(c3)OCO4)cc2)cc1. The van der Waals surface area contributed by atoms with E-state index in [1.54, 1.807) is 54.6 Å². The van der Waals surface area contributed by atoms with E-state index in [0.29, 0.717) is 29.3 Å². The van der Waals surface area contributed by atoms with Crippen LogP contribution in [-0.4, -0.2) is 21.1 Å². The zero-order valence-corrected chi connectivity index (χ0v) is 17.0. The fourth-order valence-electron chi connectivity index (χ4n) is 2.96. The minimum atomic E-state index is -3.69. The first-order valence-electron chi connectivity index (χ1n) is 9.27. The Morgan fingerprint density at radius 3 is 2.37 bits per heavy atom. The summed E-state index contributed by atoms with van der Waals surface area (Å²) < 4.78 is 38.0. The van der Waals surface area contributed by atoms with Crippen LogP contribution in [0.5, 0.6) is 11.5 Å². The Balaban J connectivity index is 1.38. The van der Waals surface area contributed by atoms with Crippen LogP contribution < -0.4 is 19.5 Å². The van der Waals surface area contributed by atoms with E-state index in [-0.39, 0.29) is 17.6 Å². The number of carbonyl (C=O) groups is 1. The molecule has 0 unspecified atom stereocenters. The molecule has 0 bridgehead atoms. The van der Waals surface area contributed by atoms with Crippen molar-refractivity contribution in [1.29, 1.82) is 0 Å². The Labute approximate surface area is 174 Å². The highest BCUT2D eigenvalue weighted by atomic mass is 32.2.